The summed E-state index contributed by atoms with van der Waals surface area (Å²) < 4.78 is 0. The van der Waals surface area contributed by atoms with Crippen molar-refractivity contribution in [3.8, 4) is 0 Å². The van der Waals surface area contributed by atoms with Crippen LogP contribution in [0.2, 0.25) is 0 Å². The Kier molecular flexibility index (Phi) is 3.52. The van der Waals surface area contributed by atoms with Gasteiger partial charge in [0.1, 0.15) is 0 Å². The molecule has 0 radical (unpaired) electrons. The van der Waals surface area contributed by atoms with Crippen LogP contribution >= 0.6 is 0 Å². The molecule has 3 nitrogen and oxygen atoms in total. The van der Waals surface area contributed by atoms with Gasteiger partial charge in [0.05, 0.1) is 11.4 Å². The Hall–Kier alpha value is -1.22. The van der Waals surface area contributed by atoms with Gasteiger partial charge in [-0.15, -0.1) is 0 Å². The third-order valence-electron chi connectivity index (χ3n) is 4.67. The second-order valence-electron chi connectivity index (χ2n) is 6.94. The summed E-state index contributed by atoms with van der Waals surface area (Å²) in [6.07, 6.45) is 0. The molecule has 1 aliphatic heterocycles. The second-order valence-corrected chi connectivity index (χ2v) is 6.94. The zero-order valence-corrected chi connectivity index (χ0v) is 12.9. The Morgan fingerprint density at radius 1 is 1.05 bits per heavy atom. The van der Waals surface area contributed by atoms with Gasteiger partial charge in [-0.2, -0.15) is 0 Å². The number of hydrogen-bond donors (Lipinski definition) is 1. The summed E-state index contributed by atoms with van der Waals surface area (Å²) in [5.74, 6) is 0. The van der Waals surface area contributed by atoms with E-state index in [4.69, 9.17) is 5.73 Å². The SMILES string of the molecule is CN1CCN(CC(C)(C)C(C)(C)N)c2ccccc21. The number of hydrogen-bond acceptors (Lipinski definition) is 3. The predicted octanol–water partition coefficient (Wildman–Crippen LogP) is 2.71. The molecule has 0 saturated heterocycles. The number of para-hydroxylation sites is 2. The van der Waals surface area contributed by atoms with Crippen molar-refractivity contribution < 1.29 is 0 Å². The monoisotopic (exact) mass is 261 g/mol. The minimum atomic E-state index is -0.189. The Balaban J connectivity index is 2.27. The van der Waals surface area contributed by atoms with E-state index in [0.29, 0.717) is 0 Å². The van der Waals surface area contributed by atoms with Crippen LogP contribution in [0.15, 0.2) is 24.3 Å². The lowest BCUT2D eigenvalue weighted by molar-refractivity contribution is 0.207. The van der Waals surface area contributed by atoms with E-state index in [1.807, 2.05) is 0 Å². The van der Waals surface area contributed by atoms with Gasteiger partial charge >= 0.3 is 0 Å². The van der Waals surface area contributed by atoms with Crippen LogP contribution in [-0.4, -0.2) is 32.2 Å². The molecule has 0 spiro atoms. The smallest absolute Gasteiger partial charge is 0.0604 e. The Bertz CT molecular complexity index is 446. The average molecular weight is 261 g/mol. The van der Waals surface area contributed by atoms with Gasteiger partial charge in [-0.1, -0.05) is 26.0 Å². The molecule has 0 atom stereocenters. The standard InChI is InChI=1S/C16H27N3/c1-15(2,16(3,4)17)12-19-11-10-18(5)13-8-6-7-9-14(13)19/h6-9H,10-12,17H2,1-5H3. The summed E-state index contributed by atoms with van der Waals surface area (Å²) in [5.41, 5.74) is 8.86. The number of anilines is 2. The zero-order chi connectivity index (χ0) is 14.3. The predicted molar refractivity (Wildman–Crippen MR) is 84.0 cm³/mol. The Labute approximate surface area is 117 Å². The minimum Gasteiger partial charge on any atom is -0.371 e. The highest BCUT2D eigenvalue weighted by Crippen LogP contribution is 2.36. The van der Waals surface area contributed by atoms with Crippen molar-refractivity contribution in [1.82, 2.24) is 0 Å². The minimum absolute atomic E-state index is 0.0655. The van der Waals surface area contributed by atoms with E-state index >= 15 is 0 Å². The van der Waals surface area contributed by atoms with E-state index in [2.05, 4.69) is 68.8 Å². The van der Waals surface area contributed by atoms with E-state index in [0.717, 1.165) is 19.6 Å². The lowest BCUT2D eigenvalue weighted by Gasteiger charge is -2.45. The molecule has 0 amide bonds. The normalized spacial score (nSPS) is 16.5. The third kappa shape index (κ3) is 2.71. The first-order chi connectivity index (χ1) is 8.72. The Morgan fingerprint density at radius 2 is 1.63 bits per heavy atom. The topological polar surface area (TPSA) is 32.5 Å². The van der Waals surface area contributed by atoms with Crippen LogP contribution in [0.1, 0.15) is 27.7 Å². The zero-order valence-electron chi connectivity index (χ0n) is 12.9. The van der Waals surface area contributed by atoms with Crippen molar-refractivity contribution in [2.24, 2.45) is 11.1 Å². The van der Waals surface area contributed by atoms with E-state index < -0.39 is 0 Å². The van der Waals surface area contributed by atoms with Gasteiger partial charge in [0.2, 0.25) is 0 Å². The quantitative estimate of drug-likeness (QED) is 0.908. The molecule has 0 aliphatic carbocycles. The number of fused-ring (bicyclic) bond motifs is 1. The van der Waals surface area contributed by atoms with E-state index in [1.54, 1.807) is 0 Å². The fraction of sp³-hybridized carbons (Fsp3) is 0.625. The molecule has 0 unspecified atom stereocenters. The number of benzene rings is 1. The van der Waals surface area contributed by atoms with Gasteiger partial charge in [0.25, 0.3) is 0 Å². The van der Waals surface area contributed by atoms with Crippen LogP contribution in [0.5, 0.6) is 0 Å². The lowest BCUT2D eigenvalue weighted by Crippen LogP contribution is -2.54. The van der Waals surface area contributed by atoms with Crippen molar-refractivity contribution in [2.45, 2.75) is 33.2 Å². The molecule has 1 aliphatic rings. The summed E-state index contributed by atoms with van der Waals surface area (Å²) in [4.78, 5) is 4.80. The largest absolute Gasteiger partial charge is 0.371 e. The van der Waals surface area contributed by atoms with Gasteiger partial charge in [-0.05, 0) is 31.4 Å². The molecule has 1 aromatic carbocycles. The van der Waals surface area contributed by atoms with E-state index in [1.165, 1.54) is 11.4 Å². The highest BCUT2D eigenvalue weighted by molar-refractivity contribution is 5.73. The summed E-state index contributed by atoms with van der Waals surface area (Å²) in [7, 11) is 2.16. The van der Waals surface area contributed by atoms with Crippen molar-refractivity contribution in [1.29, 1.82) is 0 Å². The fourth-order valence-corrected chi connectivity index (χ4v) is 2.41. The van der Waals surface area contributed by atoms with Crippen LogP contribution < -0.4 is 15.5 Å². The number of rotatable bonds is 3. The maximum Gasteiger partial charge on any atom is 0.0604 e. The number of likely N-dealkylation sites (N-methyl/N-ethyl adjacent to an activating group) is 1. The van der Waals surface area contributed by atoms with Crippen molar-refractivity contribution >= 4 is 11.4 Å². The van der Waals surface area contributed by atoms with Crippen LogP contribution in [0.4, 0.5) is 11.4 Å². The molecule has 1 aromatic rings. The van der Waals surface area contributed by atoms with Gasteiger partial charge in [0, 0.05) is 32.2 Å². The molecule has 0 aromatic heterocycles. The maximum atomic E-state index is 6.34. The molecule has 1 heterocycles. The molecule has 106 valence electrons. The summed E-state index contributed by atoms with van der Waals surface area (Å²) in [6, 6.07) is 8.63. The third-order valence-corrected chi connectivity index (χ3v) is 4.67. The molecular weight excluding hydrogens is 234 g/mol. The van der Waals surface area contributed by atoms with Crippen LogP contribution in [-0.2, 0) is 0 Å². The van der Waals surface area contributed by atoms with Crippen LogP contribution in [0, 0.1) is 5.41 Å². The highest BCUT2D eigenvalue weighted by Gasteiger charge is 2.36. The lowest BCUT2D eigenvalue weighted by atomic mass is 9.74. The summed E-state index contributed by atoms with van der Waals surface area (Å²) in [6.45, 7) is 11.9. The second kappa shape index (κ2) is 4.71. The molecular formula is C16H27N3. The average Bonchev–Trinajstić information content (AvgIpc) is 2.32. The maximum absolute atomic E-state index is 6.34. The molecule has 2 rings (SSSR count). The van der Waals surface area contributed by atoms with E-state index in [9.17, 15) is 0 Å². The van der Waals surface area contributed by atoms with Crippen LogP contribution in [0.3, 0.4) is 0 Å². The first-order valence-electron chi connectivity index (χ1n) is 7.06. The first-order valence-corrected chi connectivity index (χ1v) is 7.06. The number of nitrogens with zero attached hydrogens (tertiary/aromatic N) is 2. The van der Waals surface area contributed by atoms with Gasteiger partial charge in [-0.3, -0.25) is 0 Å². The number of nitrogens with two attached hydrogens (primary N) is 1. The summed E-state index contributed by atoms with van der Waals surface area (Å²) in [5, 5.41) is 0. The van der Waals surface area contributed by atoms with Gasteiger partial charge in [-0.25, -0.2) is 0 Å². The molecule has 2 N–H and O–H groups in total. The van der Waals surface area contributed by atoms with Gasteiger partial charge < -0.3 is 15.5 Å². The molecule has 19 heavy (non-hydrogen) atoms. The van der Waals surface area contributed by atoms with Crippen molar-refractivity contribution in [2.75, 3.05) is 36.5 Å². The molecule has 3 heteroatoms. The molecule has 0 fully saturated rings. The molecule has 0 bridgehead atoms. The summed E-state index contributed by atoms with van der Waals surface area (Å²) >= 11 is 0. The van der Waals surface area contributed by atoms with Gasteiger partial charge in [0.15, 0.2) is 0 Å². The first kappa shape index (κ1) is 14.2. The van der Waals surface area contributed by atoms with E-state index in [-0.39, 0.29) is 11.0 Å². The van der Waals surface area contributed by atoms with Crippen molar-refractivity contribution in [3.63, 3.8) is 0 Å². The molecule has 0 saturated carbocycles. The van der Waals surface area contributed by atoms with Crippen molar-refractivity contribution in [3.05, 3.63) is 24.3 Å². The Morgan fingerprint density at radius 3 is 2.21 bits per heavy atom. The van der Waals surface area contributed by atoms with Crippen LogP contribution in [0.25, 0.3) is 0 Å². The highest BCUT2D eigenvalue weighted by atomic mass is 15.3. The fourth-order valence-electron chi connectivity index (χ4n) is 2.41.